The molecule has 1 amide bonds. The van der Waals surface area contributed by atoms with Crippen LogP contribution in [0.5, 0.6) is 11.5 Å². The number of ether oxygens (including phenoxy) is 2. The Balaban J connectivity index is 2.27. The van der Waals surface area contributed by atoms with Gasteiger partial charge in [0.15, 0.2) is 11.5 Å². The molecule has 2 N–H and O–H groups in total. The molecular formula is C11H13NO4. The molecule has 5 nitrogen and oxygen atoms in total. The topological polar surface area (TPSA) is 67.8 Å². The van der Waals surface area contributed by atoms with E-state index in [0.717, 1.165) is 0 Å². The molecule has 0 fully saturated rings. The second-order valence-electron chi connectivity index (χ2n) is 3.68. The first kappa shape index (κ1) is 10.8. The van der Waals surface area contributed by atoms with Crippen molar-refractivity contribution in [1.29, 1.82) is 0 Å². The van der Waals surface area contributed by atoms with Crippen molar-refractivity contribution in [2.45, 2.75) is 18.8 Å². The largest absolute Gasteiger partial charge is 0.485 e. The number of fused-ring (bicyclic) bond motifs is 1. The van der Waals surface area contributed by atoms with Gasteiger partial charge in [-0.25, -0.2) is 0 Å². The maximum Gasteiger partial charge on any atom is 0.209 e. The predicted octanol–water partition coefficient (Wildman–Crippen LogP) is 0.281. The lowest BCUT2D eigenvalue weighted by atomic mass is 10.1. The lowest BCUT2D eigenvalue weighted by molar-refractivity contribution is -0.128. The van der Waals surface area contributed by atoms with Gasteiger partial charge in [0.2, 0.25) is 12.1 Å². The molecule has 1 heterocycles. The van der Waals surface area contributed by atoms with Gasteiger partial charge in [-0.3, -0.25) is 4.79 Å². The molecule has 0 saturated heterocycles. The summed E-state index contributed by atoms with van der Waals surface area (Å²) in [6, 6.07) is 7.12. The third-order valence-electron chi connectivity index (χ3n) is 2.58. The van der Waals surface area contributed by atoms with Crippen molar-refractivity contribution in [3.8, 4) is 11.5 Å². The number of benzene rings is 1. The van der Waals surface area contributed by atoms with Crippen molar-refractivity contribution < 1.29 is 19.4 Å². The number of hydrogen-bond acceptors (Lipinski definition) is 4. The summed E-state index contributed by atoms with van der Waals surface area (Å²) in [6.07, 6.45) is -0.166. The third kappa shape index (κ3) is 1.81. The molecule has 1 aromatic carbocycles. The molecular weight excluding hydrogens is 210 g/mol. The first-order valence-corrected chi connectivity index (χ1v) is 4.98. The minimum Gasteiger partial charge on any atom is -0.485 e. The molecule has 1 aromatic rings. The average Bonchev–Trinajstić information content (AvgIpc) is 2.39. The Hall–Kier alpha value is -1.75. The van der Waals surface area contributed by atoms with E-state index in [9.17, 15) is 9.90 Å². The van der Waals surface area contributed by atoms with Crippen LogP contribution in [0.4, 0.5) is 0 Å². The molecule has 16 heavy (non-hydrogen) atoms. The highest BCUT2D eigenvalue weighted by Gasteiger charge is 2.39. The quantitative estimate of drug-likeness (QED) is 0.558. The Labute approximate surface area is 93.0 Å². The molecule has 2 unspecified atom stereocenters. The maximum atomic E-state index is 10.4. The van der Waals surface area contributed by atoms with Crippen molar-refractivity contribution in [1.82, 2.24) is 5.32 Å². The first-order chi connectivity index (χ1) is 7.65. The van der Waals surface area contributed by atoms with Crippen LogP contribution in [0.15, 0.2) is 24.3 Å². The number of carbonyl (C=O) groups excluding carboxylic acids is 1. The minimum absolute atomic E-state index is 0.0517. The summed E-state index contributed by atoms with van der Waals surface area (Å²) in [7, 11) is 0. The highest BCUT2D eigenvalue weighted by molar-refractivity contribution is 5.48. The van der Waals surface area contributed by atoms with E-state index < -0.39 is 11.8 Å². The van der Waals surface area contributed by atoms with Crippen LogP contribution in [0.25, 0.3) is 0 Å². The van der Waals surface area contributed by atoms with Crippen LogP contribution < -0.4 is 14.8 Å². The van der Waals surface area contributed by atoms with Crippen molar-refractivity contribution in [2.75, 3.05) is 6.61 Å². The van der Waals surface area contributed by atoms with Gasteiger partial charge in [-0.1, -0.05) is 12.1 Å². The first-order valence-electron chi connectivity index (χ1n) is 4.98. The number of aliphatic hydroxyl groups is 1. The summed E-state index contributed by atoms with van der Waals surface area (Å²) >= 11 is 0. The average molecular weight is 223 g/mol. The Morgan fingerprint density at radius 2 is 2.19 bits per heavy atom. The van der Waals surface area contributed by atoms with E-state index in [1.165, 1.54) is 0 Å². The van der Waals surface area contributed by atoms with Crippen molar-refractivity contribution in [3.63, 3.8) is 0 Å². The molecule has 2 rings (SSSR count). The predicted molar refractivity (Wildman–Crippen MR) is 56.2 cm³/mol. The second kappa shape index (κ2) is 4.02. The van der Waals surface area contributed by atoms with Crippen LogP contribution in [-0.2, 0) is 4.79 Å². The van der Waals surface area contributed by atoms with Crippen LogP contribution in [0.2, 0.25) is 0 Å². The third-order valence-corrected chi connectivity index (χ3v) is 2.58. The molecule has 0 aliphatic carbocycles. The SMILES string of the molecule is CC1Oc2ccccc2OCC1(O)NC=O. The zero-order valence-corrected chi connectivity index (χ0v) is 8.84. The summed E-state index contributed by atoms with van der Waals surface area (Å²) in [4.78, 5) is 10.4. The summed E-state index contributed by atoms with van der Waals surface area (Å²) in [6.45, 7) is 1.62. The minimum atomic E-state index is -1.51. The molecule has 86 valence electrons. The normalized spacial score (nSPS) is 28.0. The maximum absolute atomic E-state index is 10.4. The van der Waals surface area contributed by atoms with Gasteiger partial charge in [0.05, 0.1) is 0 Å². The van der Waals surface area contributed by atoms with Gasteiger partial charge in [-0.05, 0) is 19.1 Å². The fraction of sp³-hybridized carbons (Fsp3) is 0.364. The van der Waals surface area contributed by atoms with Gasteiger partial charge in [0.25, 0.3) is 0 Å². The summed E-state index contributed by atoms with van der Waals surface area (Å²) in [5.74, 6) is 1.11. The Morgan fingerprint density at radius 1 is 1.50 bits per heavy atom. The highest BCUT2D eigenvalue weighted by Crippen LogP contribution is 2.32. The van der Waals surface area contributed by atoms with E-state index in [0.29, 0.717) is 17.9 Å². The van der Waals surface area contributed by atoms with E-state index in [2.05, 4.69) is 5.32 Å². The lowest BCUT2D eigenvalue weighted by Crippen LogP contribution is -2.58. The van der Waals surface area contributed by atoms with Gasteiger partial charge in [-0.2, -0.15) is 0 Å². The highest BCUT2D eigenvalue weighted by atomic mass is 16.6. The van der Waals surface area contributed by atoms with E-state index in [-0.39, 0.29) is 6.61 Å². The smallest absolute Gasteiger partial charge is 0.209 e. The zero-order chi connectivity index (χ0) is 11.6. The Morgan fingerprint density at radius 3 is 2.88 bits per heavy atom. The van der Waals surface area contributed by atoms with Crippen molar-refractivity contribution in [3.05, 3.63) is 24.3 Å². The molecule has 0 aromatic heterocycles. The Bertz CT molecular complexity index is 395. The number of nitrogens with one attached hydrogen (secondary N) is 1. The summed E-state index contributed by atoms with van der Waals surface area (Å²) in [5.41, 5.74) is -1.51. The second-order valence-corrected chi connectivity index (χ2v) is 3.68. The lowest BCUT2D eigenvalue weighted by Gasteiger charge is -2.29. The van der Waals surface area contributed by atoms with Crippen LogP contribution in [-0.4, -0.2) is 30.0 Å². The van der Waals surface area contributed by atoms with Crippen LogP contribution in [0, 0.1) is 0 Å². The van der Waals surface area contributed by atoms with Crippen LogP contribution in [0.3, 0.4) is 0 Å². The van der Waals surface area contributed by atoms with Gasteiger partial charge < -0.3 is 19.9 Å². The van der Waals surface area contributed by atoms with Gasteiger partial charge in [-0.15, -0.1) is 0 Å². The zero-order valence-electron chi connectivity index (χ0n) is 8.84. The number of hydrogen-bond donors (Lipinski definition) is 2. The van der Waals surface area contributed by atoms with Crippen LogP contribution in [0.1, 0.15) is 6.92 Å². The number of amides is 1. The van der Waals surface area contributed by atoms with E-state index in [1.807, 2.05) is 12.1 Å². The van der Waals surface area contributed by atoms with Gasteiger partial charge in [0.1, 0.15) is 12.7 Å². The molecule has 2 atom stereocenters. The molecule has 0 spiro atoms. The molecule has 1 aliphatic rings. The fourth-order valence-corrected chi connectivity index (χ4v) is 1.52. The standard InChI is InChI=1S/C11H13NO4/c1-8-11(14,12-7-13)6-15-9-4-2-3-5-10(9)16-8/h2-5,7-8,14H,6H2,1H3,(H,12,13). The van der Waals surface area contributed by atoms with Crippen molar-refractivity contribution in [2.24, 2.45) is 0 Å². The van der Waals surface area contributed by atoms with E-state index in [1.54, 1.807) is 19.1 Å². The van der Waals surface area contributed by atoms with E-state index in [4.69, 9.17) is 9.47 Å². The number of para-hydroxylation sites is 2. The summed E-state index contributed by atoms with van der Waals surface area (Å²) in [5, 5.41) is 12.4. The van der Waals surface area contributed by atoms with Gasteiger partial charge >= 0.3 is 0 Å². The number of carbonyl (C=O) groups is 1. The summed E-state index contributed by atoms with van der Waals surface area (Å²) < 4.78 is 10.9. The molecule has 0 radical (unpaired) electrons. The van der Waals surface area contributed by atoms with Crippen LogP contribution >= 0.6 is 0 Å². The van der Waals surface area contributed by atoms with E-state index >= 15 is 0 Å². The molecule has 0 saturated carbocycles. The van der Waals surface area contributed by atoms with Crippen molar-refractivity contribution >= 4 is 6.41 Å². The monoisotopic (exact) mass is 223 g/mol. The molecule has 1 aliphatic heterocycles. The van der Waals surface area contributed by atoms with Gasteiger partial charge in [0, 0.05) is 0 Å². The molecule has 5 heteroatoms. The number of rotatable bonds is 2. The Kier molecular flexibility index (Phi) is 2.70. The fourth-order valence-electron chi connectivity index (χ4n) is 1.52. The molecule has 0 bridgehead atoms.